The van der Waals surface area contributed by atoms with Gasteiger partial charge in [-0.15, -0.1) is 0 Å². The highest BCUT2D eigenvalue weighted by atomic mass is 16.4. The van der Waals surface area contributed by atoms with Gasteiger partial charge < -0.3 is 10.2 Å². The van der Waals surface area contributed by atoms with Crippen molar-refractivity contribution >= 4 is 5.97 Å². The van der Waals surface area contributed by atoms with Gasteiger partial charge in [-0.3, -0.25) is 10.1 Å². The molecule has 1 aliphatic carbocycles. The third-order valence-corrected chi connectivity index (χ3v) is 4.28. The third kappa shape index (κ3) is 2.99. The smallest absolute Gasteiger partial charge is 0.323 e. The van der Waals surface area contributed by atoms with E-state index in [1.54, 1.807) is 0 Å². The van der Waals surface area contributed by atoms with Gasteiger partial charge in [0, 0.05) is 5.54 Å². The number of hydrogen-bond donors (Lipinski definition) is 3. The fourth-order valence-corrected chi connectivity index (χ4v) is 2.75. The molecule has 0 aliphatic heterocycles. The first-order valence-electron chi connectivity index (χ1n) is 6.68. The standard InChI is InChI=1S/C13H25NO3/c1-3-12(4-2,10-15)14-13(11(16)17)8-6-5-7-9-13/h14-15H,3-10H2,1-2H3,(H,16,17). The molecule has 0 amide bonds. The summed E-state index contributed by atoms with van der Waals surface area (Å²) in [6.07, 6.45) is 5.85. The van der Waals surface area contributed by atoms with Gasteiger partial charge >= 0.3 is 5.97 Å². The Hall–Kier alpha value is -0.610. The summed E-state index contributed by atoms with van der Waals surface area (Å²) in [5, 5.41) is 22.3. The molecular weight excluding hydrogens is 218 g/mol. The van der Waals surface area contributed by atoms with Crippen molar-refractivity contribution in [1.82, 2.24) is 5.32 Å². The van der Waals surface area contributed by atoms with Crippen LogP contribution in [0.4, 0.5) is 0 Å². The second-order valence-corrected chi connectivity index (χ2v) is 5.22. The Morgan fingerprint density at radius 3 is 2.12 bits per heavy atom. The van der Waals surface area contributed by atoms with Crippen LogP contribution < -0.4 is 5.32 Å². The maximum atomic E-state index is 11.6. The van der Waals surface area contributed by atoms with Crippen LogP contribution in [0.25, 0.3) is 0 Å². The monoisotopic (exact) mass is 243 g/mol. The largest absolute Gasteiger partial charge is 0.480 e. The molecule has 1 rings (SSSR count). The van der Waals surface area contributed by atoms with E-state index < -0.39 is 17.0 Å². The first-order valence-corrected chi connectivity index (χ1v) is 6.68. The van der Waals surface area contributed by atoms with E-state index in [4.69, 9.17) is 0 Å². The molecular formula is C13H25NO3. The predicted molar refractivity (Wildman–Crippen MR) is 67.0 cm³/mol. The van der Waals surface area contributed by atoms with Crippen molar-refractivity contribution in [2.45, 2.75) is 69.9 Å². The molecule has 0 saturated heterocycles. The van der Waals surface area contributed by atoms with Crippen LogP contribution >= 0.6 is 0 Å². The average molecular weight is 243 g/mol. The maximum absolute atomic E-state index is 11.6. The Morgan fingerprint density at radius 1 is 1.24 bits per heavy atom. The minimum Gasteiger partial charge on any atom is -0.480 e. The number of carboxylic acid groups (broad SMARTS) is 1. The number of aliphatic carboxylic acids is 1. The van der Waals surface area contributed by atoms with Gasteiger partial charge in [-0.05, 0) is 25.7 Å². The van der Waals surface area contributed by atoms with Crippen molar-refractivity contribution in [1.29, 1.82) is 0 Å². The molecule has 0 bridgehead atoms. The minimum absolute atomic E-state index is 0.00493. The zero-order chi connectivity index (χ0) is 12.9. The molecule has 17 heavy (non-hydrogen) atoms. The summed E-state index contributed by atoms with van der Waals surface area (Å²) in [5.41, 5.74) is -1.28. The molecule has 0 aromatic rings. The highest BCUT2D eigenvalue weighted by Gasteiger charge is 2.44. The van der Waals surface area contributed by atoms with Crippen LogP contribution in [0.1, 0.15) is 58.8 Å². The number of nitrogens with one attached hydrogen (secondary N) is 1. The molecule has 0 atom stereocenters. The van der Waals surface area contributed by atoms with Gasteiger partial charge in [0.15, 0.2) is 0 Å². The van der Waals surface area contributed by atoms with Crippen LogP contribution in [-0.4, -0.2) is 33.9 Å². The van der Waals surface area contributed by atoms with Crippen molar-refractivity contribution in [2.24, 2.45) is 0 Å². The molecule has 3 N–H and O–H groups in total. The molecule has 100 valence electrons. The first kappa shape index (κ1) is 14.5. The quantitative estimate of drug-likeness (QED) is 0.666. The second kappa shape index (κ2) is 5.83. The van der Waals surface area contributed by atoms with Crippen LogP contribution in [-0.2, 0) is 4.79 Å². The van der Waals surface area contributed by atoms with E-state index in [9.17, 15) is 15.0 Å². The average Bonchev–Trinajstić information content (AvgIpc) is 2.37. The molecule has 4 heteroatoms. The first-order chi connectivity index (χ1) is 8.04. The van der Waals surface area contributed by atoms with E-state index in [0.717, 1.165) is 32.1 Å². The van der Waals surface area contributed by atoms with Crippen molar-refractivity contribution in [3.8, 4) is 0 Å². The number of carboxylic acids is 1. The van der Waals surface area contributed by atoms with E-state index in [0.29, 0.717) is 12.8 Å². The zero-order valence-corrected chi connectivity index (χ0v) is 11.0. The highest BCUT2D eigenvalue weighted by molar-refractivity contribution is 5.79. The lowest BCUT2D eigenvalue weighted by molar-refractivity contribution is -0.148. The fraction of sp³-hybridized carbons (Fsp3) is 0.923. The normalized spacial score (nSPS) is 20.2. The maximum Gasteiger partial charge on any atom is 0.323 e. The Kier molecular flexibility index (Phi) is 4.95. The molecule has 0 unspecified atom stereocenters. The summed E-state index contributed by atoms with van der Waals surface area (Å²) in [5.74, 6) is -0.767. The summed E-state index contributed by atoms with van der Waals surface area (Å²) in [7, 11) is 0. The lowest BCUT2D eigenvalue weighted by Crippen LogP contribution is -2.63. The fourth-order valence-electron chi connectivity index (χ4n) is 2.75. The van der Waals surface area contributed by atoms with Crippen LogP contribution in [0.2, 0.25) is 0 Å². The van der Waals surface area contributed by atoms with Gasteiger partial charge in [0.25, 0.3) is 0 Å². The molecule has 0 aromatic carbocycles. The van der Waals surface area contributed by atoms with Gasteiger partial charge in [0.2, 0.25) is 0 Å². The predicted octanol–water partition coefficient (Wildman–Crippen LogP) is 1.91. The number of aliphatic hydroxyl groups excluding tert-OH is 1. The summed E-state index contributed by atoms with van der Waals surface area (Å²) in [6.45, 7) is 3.98. The Bertz CT molecular complexity index is 247. The molecule has 0 radical (unpaired) electrons. The van der Waals surface area contributed by atoms with Gasteiger partial charge in [0.1, 0.15) is 5.54 Å². The molecule has 0 spiro atoms. The van der Waals surface area contributed by atoms with E-state index in [1.165, 1.54) is 0 Å². The lowest BCUT2D eigenvalue weighted by atomic mass is 9.78. The van der Waals surface area contributed by atoms with Crippen molar-refractivity contribution in [2.75, 3.05) is 6.61 Å². The summed E-state index contributed by atoms with van der Waals surface area (Å²) >= 11 is 0. The Morgan fingerprint density at radius 2 is 1.76 bits per heavy atom. The van der Waals surface area contributed by atoms with Crippen LogP contribution in [0.5, 0.6) is 0 Å². The Balaban J connectivity index is 2.88. The molecule has 1 saturated carbocycles. The number of rotatable bonds is 6. The van der Waals surface area contributed by atoms with Gasteiger partial charge in [-0.2, -0.15) is 0 Å². The number of aliphatic hydroxyl groups is 1. The SMILES string of the molecule is CCC(CC)(CO)NC1(C(=O)O)CCCCC1. The topological polar surface area (TPSA) is 69.6 Å². The second-order valence-electron chi connectivity index (χ2n) is 5.22. The van der Waals surface area contributed by atoms with Crippen molar-refractivity contribution < 1.29 is 15.0 Å². The minimum atomic E-state index is -0.826. The van der Waals surface area contributed by atoms with E-state index in [1.807, 2.05) is 13.8 Å². The third-order valence-electron chi connectivity index (χ3n) is 4.28. The van der Waals surface area contributed by atoms with Crippen LogP contribution in [0.15, 0.2) is 0 Å². The van der Waals surface area contributed by atoms with Gasteiger partial charge in [-0.1, -0.05) is 33.1 Å². The zero-order valence-electron chi connectivity index (χ0n) is 11.0. The van der Waals surface area contributed by atoms with Crippen LogP contribution in [0.3, 0.4) is 0 Å². The highest BCUT2D eigenvalue weighted by Crippen LogP contribution is 2.32. The molecule has 1 fully saturated rings. The summed E-state index contributed by atoms with van der Waals surface area (Å²) in [6, 6.07) is 0. The molecule has 0 heterocycles. The van der Waals surface area contributed by atoms with E-state index in [2.05, 4.69) is 5.32 Å². The van der Waals surface area contributed by atoms with Gasteiger partial charge in [-0.25, -0.2) is 0 Å². The molecule has 4 nitrogen and oxygen atoms in total. The van der Waals surface area contributed by atoms with Crippen LogP contribution in [0, 0.1) is 0 Å². The van der Waals surface area contributed by atoms with E-state index in [-0.39, 0.29) is 6.61 Å². The van der Waals surface area contributed by atoms with E-state index >= 15 is 0 Å². The van der Waals surface area contributed by atoms with Crippen molar-refractivity contribution in [3.05, 3.63) is 0 Å². The lowest BCUT2D eigenvalue weighted by Gasteiger charge is -2.43. The Labute approximate surface area is 103 Å². The number of hydrogen-bond acceptors (Lipinski definition) is 3. The number of carbonyl (C=O) groups is 1. The van der Waals surface area contributed by atoms with Crippen molar-refractivity contribution in [3.63, 3.8) is 0 Å². The molecule has 0 aromatic heterocycles. The van der Waals surface area contributed by atoms with Gasteiger partial charge in [0.05, 0.1) is 6.61 Å². The summed E-state index contributed by atoms with van der Waals surface area (Å²) in [4.78, 5) is 11.6. The summed E-state index contributed by atoms with van der Waals surface area (Å²) < 4.78 is 0. The molecule has 1 aliphatic rings.